The molecule has 230 valence electrons. The van der Waals surface area contributed by atoms with E-state index in [1.54, 1.807) is 0 Å². The summed E-state index contributed by atoms with van der Waals surface area (Å²) >= 11 is 0. The lowest BCUT2D eigenvalue weighted by Gasteiger charge is -2.10. The molecular formula is C42H27N7. The second kappa shape index (κ2) is 10.9. The van der Waals surface area contributed by atoms with Gasteiger partial charge in [-0.3, -0.25) is 13.5 Å². The largest absolute Gasteiger partial charge is 0.294 e. The molecule has 0 spiro atoms. The molecule has 0 radical (unpaired) electrons. The monoisotopic (exact) mass is 629 g/mol. The van der Waals surface area contributed by atoms with E-state index in [1.165, 1.54) is 0 Å². The van der Waals surface area contributed by atoms with Crippen LogP contribution < -0.4 is 0 Å². The quantitative estimate of drug-likeness (QED) is 0.190. The van der Waals surface area contributed by atoms with E-state index in [4.69, 9.17) is 19.9 Å². The van der Waals surface area contributed by atoms with Crippen molar-refractivity contribution in [1.29, 1.82) is 0 Å². The molecule has 0 saturated carbocycles. The smallest absolute Gasteiger partial charge is 0.221 e. The zero-order valence-electron chi connectivity index (χ0n) is 26.2. The average Bonchev–Trinajstić information content (AvgIpc) is 3.82. The van der Waals surface area contributed by atoms with Crippen molar-refractivity contribution >= 4 is 38.9 Å². The predicted molar refractivity (Wildman–Crippen MR) is 196 cm³/mol. The summed E-state index contributed by atoms with van der Waals surface area (Å²) in [7, 11) is 0. The summed E-state index contributed by atoms with van der Waals surface area (Å²) in [6, 6.07) is 56.1. The molecule has 0 bridgehead atoms. The first-order valence-corrected chi connectivity index (χ1v) is 16.3. The highest BCUT2D eigenvalue weighted by Gasteiger charge is 2.25. The molecule has 0 amide bonds. The number of rotatable bonds is 5. The van der Waals surface area contributed by atoms with Crippen LogP contribution in [0.25, 0.3) is 84.4 Å². The topological polar surface area (TPSA) is 65.8 Å². The molecule has 4 heterocycles. The van der Waals surface area contributed by atoms with Gasteiger partial charge in [0.15, 0.2) is 23.1 Å². The Kier molecular flexibility index (Phi) is 6.04. The zero-order chi connectivity index (χ0) is 32.3. The number of aromatic nitrogens is 7. The molecule has 0 aliphatic rings. The van der Waals surface area contributed by atoms with Crippen molar-refractivity contribution in [3.63, 3.8) is 0 Å². The Labute approximate surface area is 281 Å². The summed E-state index contributed by atoms with van der Waals surface area (Å²) < 4.78 is 6.91. The van der Waals surface area contributed by atoms with E-state index >= 15 is 0 Å². The molecule has 49 heavy (non-hydrogen) atoms. The third-order valence-corrected chi connectivity index (χ3v) is 9.10. The highest BCUT2D eigenvalue weighted by atomic mass is 15.3. The fourth-order valence-corrected chi connectivity index (χ4v) is 6.89. The summed E-state index contributed by atoms with van der Waals surface area (Å²) in [5, 5.41) is 1.15. The van der Waals surface area contributed by atoms with Gasteiger partial charge in [-0.2, -0.15) is 0 Å². The highest BCUT2D eigenvalue weighted by molar-refractivity contribution is 6.10. The molecule has 7 heteroatoms. The molecule has 0 unspecified atom stereocenters. The van der Waals surface area contributed by atoms with E-state index in [9.17, 15) is 0 Å². The van der Waals surface area contributed by atoms with E-state index < -0.39 is 0 Å². The van der Waals surface area contributed by atoms with E-state index in [-0.39, 0.29) is 0 Å². The van der Waals surface area contributed by atoms with Crippen LogP contribution >= 0.6 is 0 Å². The van der Waals surface area contributed by atoms with Crippen molar-refractivity contribution in [2.75, 3.05) is 0 Å². The summed E-state index contributed by atoms with van der Waals surface area (Å²) in [6.07, 6.45) is 0. The van der Waals surface area contributed by atoms with Crippen molar-refractivity contribution in [1.82, 2.24) is 33.5 Å². The van der Waals surface area contributed by atoms with Crippen LogP contribution in [0.4, 0.5) is 0 Å². The van der Waals surface area contributed by atoms with Crippen molar-refractivity contribution in [3.05, 3.63) is 164 Å². The first-order valence-electron chi connectivity index (χ1n) is 16.3. The fourth-order valence-electron chi connectivity index (χ4n) is 6.89. The van der Waals surface area contributed by atoms with Crippen molar-refractivity contribution in [2.24, 2.45) is 0 Å². The first-order chi connectivity index (χ1) is 24.3. The van der Waals surface area contributed by atoms with Crippen molar-refractivity contribution in [2.45, 2.75) is 0 Å². The molecular weight excluding hydrogens is 603 g/mol. The van der Waals surface area contributed by atoms with Gasteiger partial charge in [0.25, 0.3) is 0 Å². The van der Waals surface area contributed by atoms with Crippen LogP contribution in [-0.2, 0) is 0 Å². The number of fused-ring (bicyclic) bond motifs is 7. The summed E-state index contributed by atoms with van der Waals surface area (Å²) in [6.45, 7) is 0. The van der Waals surface area contributed by atoms with Crippen molar-refractivity contribution in [3.8, 4) is 45.5 Å². The van der Waals surface area contributed by atoms with Gasteiger partial charge in [-0.1, -0.05) is 109 Å². The summed E-state index contributed by atoms with van der Waals surface area (Å²) in [5.74, 6) is 2.78. The van der Waals surface area contributed by atoms with Gasteiger partial charge in [-0.15, -0.1) is 0 Å². The zero-order valence-corrected chi connectivity index (χ0v) is 26.2. The molecule has 0 aliphatic carbocycles. The maximum Gasteiger partial charge on any atom is 0.221 e. The number of hydrogen-bond donors (Lipinski definition) is 0. The van der Waals surface area contributed by atoms with Crippen LogP contribution in [0.1, 0.15) is 0 Å². The highest BCUT2D eigenvalue weighted by Crippen LogP contribution is 2.38. The molecule has 0 aliphatic heterocycles. The second-order valence-corrected chi connectivity index (χ2v) is 12.0. The molecule has 10 rings (SSSR count). The molecule has 0 fully saturated rings. The minimum Gasteiger partial charge on any atom is -0.294 e. The number of para-hydroxylation sites is 4. The van der Waals surface area contributed by atoms with Gasteiger partial charge in [-0.05, 0) is 54.6 Å². The number of nitrogens with zero attached hydrogens (tertiary/aromatic N) is 7. The Morgan fingerprint density at radius 1 is 0.367 bits per heavy atom. The number of imidazole rings is 2. The molecule has 10 aromatic rings. The SMILES string of the molecule is c1ccc(-c2nc(-c3ccccc3)nc(-c3ccc(-n4c5ccccc5c5c4n4c6ccccc6nc4n5-c4ccccc4)cc3)n2)cc1. The van der Waals surface area contributed by atoms with Gasteiger partial charge < -0.3 is 0 Å². The van der Waals surface area contributed by atoms with E-state index in [1.807, 2.05) is 72.8 Å². The van der Waals surface area contributed by atoms with E-state index in [0.717, 1.165) is 66.9 Å². The molecule has 0 N–H and O–H groups in total. The Bertz CT molecular complexity index is 2740. The van der Waals surface area contributed by atoms with Crippen molar-refractivity contribution < 1.29 is 0 Å². The normalized spacial score (nSPS) is 11.7. The Morgan fingerprint density at radius 3 is 1.49 bits per heavy atom. The third kappa shape index (κ3) is 4.29. The van der Waals surface area contributed by atoms with E-state index in [0.29, 0.717) is 17.5 Å². The number of hydrogen-bond acceptors (Lipinski definition) is 4. The maximum atomic E-state index is 5.15. The number of benzene rings is 6. The van der Waals surface area contributed by atoms with Gasteiger partial charge in [0, 0.05) is 33.5 Å². The summed E-state index contributed by atoms with van der Waals surface area (Å²) in [4.78, 5) is 19.9. The minimum absolute atomic E-state index is 0.625. The first kappa shape index (κ1) is 27.3. The Hall–Kier alpha value is -6.86. The minimum atomic E-state index is 0.625. The van der Waals surface area contributed by atoms with Crippen LogP contribution in [0, 0.1) is 0 Å². The van der Waals surface area contributed by atoms with Crippen LogP contribution in [0.5, 0.6) is 0 Å². The lowest BCUT2D eigenvalue weighted by Crippen LogP contribution is -2.01. The molecule has 0 saturated heterocycles. The molecule has 7 nitrogen and oxygen atoms in total. The van der Waals surface area contributed by atoms with Gasteiger partial charge in [0.2, 0.25) is 5.78 Å². The van der Waals surface area contributed by atoms with Crippen LogP contribution in [0.2, 0.25) is 0 Å². The standard InChI is InChI=1S/C42H27N7/c1-4-14-28(15-5-1)38-44-39(29-16-6-2-7-17-29)46-40(45-38)30-24-26-32(27-25-30)47-35-22-12-10-20-33(35)37-41(47)49-36-23-13-11-21-34(36)43-42(49)48(37)31-18-8-3-9-19-31/h1-27H. The van der Waals surface area contributed by atoms with Gasteiger partial charge in [0.05, 0.1) is 16.6 Å². The fraction of sp³-hybridized carbons (Fsp3) is 0. The molecule has 6 aromatic carbocycles. The predicted octanol–water partition coefficient (Wildman–Crippen LogP) is 9.56. The maximum absolute atomic E-state index is 5.15. The van der Waals surface area contributed by atoms with Crippen LogP contribution in [0.15, 0.2) is 164 Å². The van der Waals surface area contributed by atoms with Crippen LogP contribution in [0.3, 0.4) is 0 Å². The average molecular weight is 630 g/mol. The van der Waals surface area contributed by atoms with Gasteiger partial charge in [-0.25, -0.2) is 19.9 Å². The Balaban J connectivity index is 1.20. The Morgan fingerprint density at radius 2 is 0.857 bits per heavy atom. The second-order valence-electron chi connectivity index (χ2n) is 12.0. The molecule has 0 atom stereocenters. The van der Waals surface area contributed by atoms with Gasteiger partial charge in [0.1, 0.15) is 5.52 Å². The summed E-state index contributed by atoms with van der Waals surface area (Å²) in [5.41, 5.74) is 10.2. The van der Waals surface area contributed by atoms with E-state index in [2.05, 4.69) is 105 Å². The molecule has 4 aromatic heterocycles. The lowest BCUT2D eigenvalue weighted by molar-refractivity contribution is 1.07. The van der Waals surface area contributed by atoms with Gasteiger partial charge >= 0.3 is 0 Å². The third-order valence-electron chi connectivity index (χ3n) is 9.10. The van der Waals surface area contributed by atoms with Crippen LogP contribution in [-0.4, -0.2) is 33.5 Å². The lowest BCUT2D eigenvalue weighted by atomic mass is 10.1.